The van der Waals surface area contributed by atoms with Crippen molar-refractivity contribution < 1.29 is 0 Å². The number of fused-ring (bicyclic) bond motifs is 4. The first-order chi connectivity index (χ1) is 28.0. The summed E-state index contributed by atoms with van der Waals surface area (Å²) in [5, 5.41) is 6.36. The van der Waals surface area contributed by atoms with Crippen LogP contribution in [0, 0.1) is 69.2 Å². The summed E-state index contributed by atoms with van der Waals surface area (Å²) < 4.78 is 9.97. The molecule has 13 nitrogen and oxygen atoms in total. The lowest BCUT2D eigenvalue weighted by Crippen LogP contribution is -2.17. The van der Waals surface area contributed by atoms with E-state index in [1.54, 1.807) is 13.4 Å². The second-order valence-corrected chi connectivity index (χ2v) is 17.3. The van der Waals surface area contributed by atoms with Crippen molar-refractivity contribution in [3.63, 3.8) is 0 Å². The molecule has 0 N–H and O–H groups in total. The highest BCUT2D eigenvalue weighted by atomic mass is 16.1. The summed E-state index contributed by atoms with van der Waals surface area (Å²) in [6.07, 6.45) is 3.70. The molecule has 0 spiro atoms. The quantitative estimate of drug-likeness (QED) is 0.171. The van der Waals surface area contributed by atoms with Crippen molar-refractivity contribution in [2.24, 2.45) is 7.05 Å². The van der Waals surface area contributed by atoms with E-state index in [1.165, 1.54) is 38.0 Å². The van der Waals surface area contributed by atoms with Crippen LogP contribution in [-0.2, 0) is 7.05 Å². The molecule has 61 heavy (non-hydrogen) atoms. The van der Waals surface area contributed by atoms with Gasteiger partial charge in [-0.3, -0.25) is 9.20 Å². The van der Waals surface area contributed by atoms with Crippen LogP contribution in [0.2, 0.25) is 0 Å². The molecule has 0 radical (unpaired) electrons. The molecule has 0 fully saturated rings. The topological polar surface area (TPSA) is 131 Å². The molecule has 0 aliphatic rings. The third-order valence-electron chi connectivity index (χ3n) is 10.8. The van der Waals surface area contributed by atoms with Crippen LogP contribution in [0.5, 0.6) is 0 Å². The summed E-state index contributed by atoms with van der Waals surface area (Å²) in [4.78, 5) is 38.3. The Labute approximate surface area is 362 Å². The average Bonchev–Trinajstić information content (AvgIpc) is 3.86. The molecule has 13 heteroatoms. The van der Waals surface area contributed by atoms with Gasteiger partial charge in [-0.2, -0.15) is 5.10 Å². The van der Waals surface area contributed by atoms with Crippen molar-refractivity contribution >= 4 is 33.2 Å². The molecular weight excluding hydrogens is 761 g/mol. The van der Waals surface area contributed by atoms with Crippen LogP contribution >= 0.6 is 0 Å². The maximum Gasteiger partial charge on any atom is 0.262 e. The lowest BCUT2D eigenvalue weighted by Gasteiger charge is -2.11. The third kappa shape index (κ3) is 9.76. The number of nitrogens with zero attached hydrogens (tertiary/aromatic N) is 12. The van der Waals surface area contributed by atoms with Crippen molar-refractivity contribution in [1.29, 1.82) is 0 Å². The van der Waals surface area contributed by atoms with E-state index in [1.807, 2.05) is 59.0 Å². The van der Waals surface area contributed by atoms with Crippen molar-refractivity contribution in [1.82, 2.24) is 57.6 Å². The smallest absolute Gasteiger partial charge is 0.262 e. The maximum atomic E-state index is 11.8. The molecule has 0 saturated heterocycles. The molecule has 328 valence electrons. The van der Waals surface area contributed by atoms with Crippen LogP contribution in [0.4, 0.5) is 0 Å². The molecule has 0 aliphatic heterocycles. The van der Waals surface area contributed by atoms with E-state index < -0.39 is 0 Å². The standard InChI is InChI=1S/3C12H17N3.C11H15N3O.CH4/c1-7(2)11-8(3)6-15-10(5)13-9(4)14-12(11)15;1-7(2)15-8(3)6-11-9(4)13-10(5)14-12(11)15;1-7(2)12-8(3)6-11-9(4)13-10(5)14-15(11)12;1-7(2)14-8(3)5-9-10(14)12-6-13(4)11(9)15;/h3*6-7H,1-5H3;5-7H,1-4H3;1H4. The Hall–Kier alpha value is -5.72. The zero-order chi connectivity index (χ0) is 44.7. The third-order valence-corrected chi connectivity index (χ3v) is 10.8. The van der Waals surface area contributed by atoms with Gasteiger partial charge in [-0.25, -0.2) is 34.4 Å². The number of hydrogen-bond acceptors (Lipinski definition) is 8. The molecule has 8 rings (SSSR count). The first-order valence-electron chi connectivity index (χ1n) is 21.1. The lowest BCUT2D eigenvalue weighted by molar-refractivity contribution is 0.601. The van der Waals surface area contributed by atoms with Gasteiger partial charge in [0.1, 0.15) is 40.2 Å². The molecule has 8 aromatic heterocycles. The van der Waals surface area contributed by atoms with Gasteiger partial charge in [-0.15, -0.1) is 0 Å². The van der Waals surface area contributed by atoms with Gasteiger partial charge in [0.2, 0.25) is 0 Å². The molecule has 0 amide bonds. The highest BCUT2D eigenvalue weighted by Crippen LogP contribution is 2.27. The minimum atomic E-state index is 0. The molecule has 0 bridgehead atoms. The fourth-order valence-corrected chi connectivity index (χ4v) is 8.46. The fourth-order valence-electron chi connectivity index (χ4n) is 8.46. The van der Waals surface area contributed by atoms with Crippen molar-refractivity contribution in [3.8, 4) is 0 Å². The van der Waals surface area contributed by atoms with Gasteiger partial charge in [0.05, 0.1) is 28.6 Å². The Morgan fingerprint density at radius 1 is 0.574 bits per heavy atom. The summed E-state index contributed by atoms with van der Waals surface area (Å²) in [5.41, 5.74) is 13.7. The van der Waals surface area contributed by atoms with E-state index in [-0.39, 0.29) is 13.0 Å². The Kier molecular flexibility index (Phi) is 14.9. The molecule has 0 unspecified atom stereocenters. The summed E-state index contributed by atoms with van der Waals surface area (Å²) in [5.74, 6) is 4.52. The second kappa shape index (κ2) is 18.9. The minimum absolute atomic E-state index is 0. The predicted molar refractivity (Wildman–Crippen MR) is 252 cm³/mol. The van der Waals surface area contributed by atoms with E-state index >= 15 is 0 Å². The van der Waals surface area contributed by atoms with Gasteiger partial charge in [-0.05, 0) is 138 Å². The van der Waals surface area contributed by atoms with Gasteiger partial charge in [-0.1, -0.05) is 35.1 Å². The van der Waals surface area contributed by atoms with E-state index in [9.17, 15) is 4.79 Å². The van der Waals surface area contributed by atoms with Crippen LogP contribution < -0.4 is 5.56 Å². The molecule has 0 atom stereocenters. The molecule has 8 aromatic rings. The van der Waals surface area contributed by atoms with Gasteiger partial charge < -0.3 is 13.7 Å². The molecular formula is C48H70N12O. The highest BCUT2D eigenvalue weighted by Gasteiger charge is 2.16. The van der Waals surface area contributed by atoms with Crippen LogP contribution in [-0.4, -0.2) is 57.6 Å². The SMILES string of the molecule is C.Cc1cc2c(=O)n(C)cnc2n1C(C)C.Cc1nc(C)c2cc(C)c(C(C)C)n2n1.Cc1nc(C)c2cc(C)n(C(C)C)c2n1.Cc1nc(C)n2cc(C)c(C(C)C)c2n1. The van der Waals surface area contributed by atoms with Gasteiger partial charge in [0.25, 0.3) is 5.56 Å². The Morgan fingerprint density at radius 3 is 1.69 bits per heavy atom. The summed E-state index contributed by atoms with van der Waals surface area (Å²) in [6, 6.07) is 7.01. The second-order valence-electron chi connectivity index (χ2n) is 17.3. The van der Waals surface area contributed by atoms with E-state index in [0.717, 1.165) is 62.8 Å². The van der Waals surface area contributed by atoms with E-state index in [4.69, 9.17) is 0 Å². The van der Waals surface area contributed by atoms with Crippen molar-refractivity contribution in [3.05, 3.63) is 110 Å². The van der Waals surface area contributed by atoms with Gasteiger partial charge >= 0.3 is 0 Å². The number of aromatic nitrogens is 12. The van der Waals surface area contributed by atoms with Gasteiger partial charge in [0.15, 0.2) is 0 Å². The lowest BCUT2D eigenvalue weighted by atomic mass is 10.0. The number of hydrogen-bond donors (Lipinski definition) is 0. The first kappa shape index (κ1) is 48.0. The average molecular weight is 831 g/mol. The zero-order valence-electron chi connectivity index (χ0n) is 39.5. The molecule has 8 heterocycles. The van der Waals surface area contributed by atoms with Crippen LogP contribution in [0.25, 0.3) is 33.2 Å². The Balaban J connectivity index is 0.000000178. The Bertz CT molecular complexity index is 2650. The maximum absolute atomic E-state index is 11.8. The summed E-state index contributed by atoms with van der Waals surface area (Å²) >= 11 is 0. The highest BCUT2D eigenvalue weighted by molar-refractivity contribution is 5.80. The first-order valence-corrected chi connectivity index (χ1v) is 21.1. The van der Waals surface area contributed by atoms with Crippen LogP contribution in [0.3, 0.4) is 0 Å². The van der Waals surface area contributed by atoms with E-state index in [0.29, 0.717) is 29.3 Å². The molecule has 0 saturated carbocycles. The largest absolute Gasteiger partial charge is 0.327 e. The molecule has 0 aromatic carbocycles. The van der Waals surface area contributed by atoms with Crippen molar-refractivity contribution in [2.75, 3.05) is 0 Å². The number of aryl methyl sites for hydroxylation is 11. The fraction of sp³-hybridized carbons (Fsp3) is 0.500. The summed E-state index contributed by atoms with van der Waals surface area (Å²) in [7, 11) is 1.72. The van der Waals surface area contributed by atoms with E-state index in [2.05, 4.69) is 143 Å². The predicted octanol–water partition coefficient (Wildman–Crippen LogP) is 10.8. The monoisotopic (exact) mass is 831 g/mol. The Morgan fingerprint density at radius 2 is 1.11 bits per heavy atom. The number of rotatable bonds is 4. The zero-order valence-corrected chi connectivity index (χ0v) is 39.5. The van der Waals surface area contributed by atoms with Crippen molar-refractivity contribution in [2.45, 2.75) is 156 Å². The summed E-state index contributed by atoms with van der Waals surface area (Å²) in [6.45, 7) is 37.7. The van der Waals surface area contributed by atoms with Crippen LogP contribution in [0.15, 0.2) is 35.5 Å². The molecule has 0 aliphatic carbocycles. The van der Waals surface area contributed by atoms with Crippen LogP contribution in [0.1, 0.15) is 155 Å². The van der Waals surface area contributed by atoms with Gasteiger partial charge in [0, 0.05) is 53.4 Å². The normalized spacial score (nSPS) is 11.4. The minimum Gasteiger partial charge on any atom is -0.327 e.